The summed E-state index contributed by atoms with van der Waals surface area (Å²) in [4.78, 5) is 67.2. The molecule has 17 nitrogen and oxygen atoms in total. The van der Waals surface area contributed by atoms with Crippen molar-refractivity contribution in [3.05, 3.63) is 0 Å². The van der Waals surface area contributed by atoms with Gasteiger partial charge >= 0.3 is 25.9 Å². The third kappa shape index (κ3) is 23.6. The summed E-state index contributed by atoms with van der Waals surface area (Å²) >= 11 is 0. The lowest BCUT2D eigenvalue weighted by molar-refractivity contribution is -0.160. The molecule has 0 rings (SSSR count). The predicted molar refractivity (Wildman–Crippen MR) is 140 cm³/mol. The van der Waals surface area contributed by atoms with Gasteiger partial charge in [0.05, 0.1) is 26.4 Å². The van der Waals surface area contributed by atoms with Crippen molar-refractivity contribution >= 4 is 37.7 Å². The monoisotopic (exact) mass is 615 g/mol. The van der Waals surface area contributed by atoms with Crippen LogP contribution in [-0.2, 0) is 56.5 Å². The molecule has 0 aromatic carbocycles. The van der Waals surface area contributed by atoms with E-state index in [4.69, 9.17) is 32.7 Å². The highest BCUT2D eigenvalue weighted by atomic mass is 31.2. The molecular formula is C23H42N3O14P. The van der Waals surface area contributed by atoms with Crippen molar-refractivity contribution in [3.8, 4) is 0 Å². The minimum atomic E-state index is -4.57. The van der Waals surface area contributed by atoms with Gasteiger partial charge in [-0.25, -0.2) is 9.36 Å². The molecule has 0 saturated carbocycles. The zero-order chi connectivity index (χ0) is 31.1. The van der Waals surface area contributed by atoms with Crippen LogP contribution in [0.4, 0.5) is 4.79 Å². The van der Waals surface area contributed by atoms with Crippen molar-refractivity contribution < 1.29 is 66.2 Å². The van der Waals surface area contributed by atoms with Crippen LogP contribution in [0.3, 0.4) is 0 Å². The normalized spacial score (nSPS) is 13.0. The van der Waals surface area contributed by atoms with Crippen molar-refractivity contribution in [1.82, 2.24) is 16.0 Å². The average Bonchev–Trinajstić information content (AvgIpc) is 2.91. The number of carbonyl (C=O) groups excluding carboxylic acids is 5. The molecule has 2 atom stereocenters. The number of carbonyl (C=O) groups is 5. The lowest BCUT2D eigenvalue weighted by atomic mass is 10.4. The molecule has 0 saturated heterocycles. The number of hydrogen-bond donors (Lipinski definition) is 4. The Morgan fingerprint density at radius 3 is 2.07 bits per heavy atom. The van der Waals surface area contributed by atoms with Crippen LogP contribution in [0.2, 0.25) is 0 Å². The third-order valence-corrected chi connectivity index (χ3v) is 5.28. The Balaban J connectivity index is 3.94. The fourth-order valence-corrected chi connectivity index (χ4v) is 3.21. The zero-order valence-electron chi connectivity index (χ0n) is 23.8. The summed E-state index contributed by atoms with van der Waals surface area (Å²) in [5.74, 6) is -1.90. The van der Waals surface area contributed by atoms with Crippen molar-refractivity contribution in [3.63, 3.8) is 0 Å². The Labute approximate surface area is 238 Å². The number of nitrogens with one attached hydrogen (secondary N) is 3. The predicted octanol–water partition coefficient (Wildman–Crippen LogP) is -0.205. The van der Waals surface area contributed by atoms with Gasteiger partial charge in [-0.3, -0.25) is 28.2 Å². The molecule has 0 radical (unpaired) electrons. The van der Waals surface area contributed by atoms with Gasteiger partial charge in [0, 0.05) is 32.0 Å². The molecule has 4 N–H and O–H groups in total. The average molecular weight is 616 g/mol. The first kappa shape index (κ1) is 38.2. The highest BCUT2D eigenvalue weighted by molar-refractivity contribution is 7.47. The molecule has 238 valence electrons. The van der Waals surface area contributed by atoms with Crippen LogP contribution in [-0.4, -0.2) is 113 Å². The lowest BCUT2D eigenvalue weighted by Crippen LogP contribution is -2.35. The molecule has 0 heterocycles. The number of phosphoric ester groups is 1. The number of esters is 2. The Morgan fingerprint density at radius 2 is 1.41 bits per heavy atom. The molecule has 0 aliphatic rings. The standard InChI is InChI=1S/C23H42N3O14P/c1-5-21(29)37-13-18(40-22(30)6-2)14-39-41(32,33)38-10-8-25-23(31)36-12-11-34-9-7-24-19(27)15-35-16-20(28)26-17(3)4/h17-18H,5-16H2,1-4H3,(H,24,27)(H,25,31)(H,26,28)(H,32,33). The number of ether oxygens (including phenoxy) is 5. The summed E-state index contributed by atoms with van der Waals surface area (Å²) in [6, 6.07) is -0.0226. The largest absolute Gasteiger partial charge is 0.472 e. The van der Waals surface area contributed by atoms with Crippen molar-refractivity contribution in [1.29, 1.82) is 0 Å². The van der Waals surface area contributed by atoms with Crippen molar-refractivity contribution in [2.45, 2.75) is 52.7 Å². The fraction of sp³-hybridized carbons (Fsp3) is 0.783. The molecular weight excluding hydrogens is 573 g/mol. The minimum absolute atomic E-state index is 0.0226. The number of alkyl carbamates (subject to hydrolysis) is 1. The number of rotatable bonds is 23. The maximum absolute atomic E-state index is 12.0. The van der Waals surface area contributed by atoms with Gasteiger partial charge in [0.2, 0.25) is 11.8 Å². The van der Waals surface area contributed by atoms with E-state index in [1.807, 2.05) is 0 Å². The van der Waals surface area contributed by atoms with E-state index in [2.05, 4.69) is 16.0 Å². The second kappa shape index (κ2) is 22.8. The molecule has 18 heteroatoms. The van der Waals surface area contributed by atoms with Crippen LogP contribution in [0, 0.1) is 0 Å². The van der Waals surface area contributed by atoms with E-state index in [9.17, 15) is 33.4 Å². The van der Waals surface area contributed by atoms with Crippen molar-refractivity contribution in [2.75, 3.05) is 65.9 Å². The van der Waals surface area contributed by atoms with Crippen LogP contribution < -0.4 is 16.0 Å². The van der Waals surface area contributed by atoms with Crippen LogP contribution in [0.25, 0.3) is 0 Å². The van der Waals surface area contributed by atoms with Gasteiger partial charge in [0.1, 0.15) is 26.4 Å². The summed E-state index contributed by atoms with van der Waals surface area (Å²) in [5, 5.41) is 7.45. The number of hydrogen-bond acceptors (Lipinski definition) is 13. The van der Waals surface area contributed by atoms with Crippen LogP contribution in [0.1, 0.15) is 40.5 Å². The Hall–Kier alpha value is -2.82. The van der Waals surface area contributed by atoms with Gasteiger partial charge < -0.3 is 44.5 Å². The van der Waals surface area contributed by atoms with Gasteiger partial charge in [0.15, 0.2) is 6.10 Å². The summed E-state index contributed by atoms with van der Waals surface area (Å²) in [7, 11) is -4.57. The molecule has 0 aliphatic carbocycles. The highest BCUT2D eigenvalue weighted by Gasteiger charge is 2.25. The van der Waals surface area contributed by atoms with E-state index in [0.29, 0.717) is 0 Å². The second-order valence-corrected chi connectivity index (χ2v) is 9.79. The Kier molecular flexibility index (Phi) is 21.3. The van der Waals surface area contributed by atoms with E-state index >= 15 is 0 Å². The van der Waals surface area contributed by atoms with Gasteiger partial charge in [-0.1, -0.05) is 13.8 Å². The molecule has 0 aliphatic heterocycles. The van der Waals surface area contributed by atoms with E-state index in [0.717, 1.165) is 0 Å². The summed E-state index contributed by atoms with van der Waals surface area (Å²) in [6.07, 6.45) is -1.81. The van der Waals surface area contributed by atoms with E-state index < -0.39 is 51.1 Å². The summed E-state index contributed by atoms with van der Waals surface area (Å²) in [6.45, 7) is 4.96. The lowest BCUT2D eigenvalue weighted by Gasteiger charge is -2.19. The van der Waals surface area contributed by atoms with Crippen molar-refractivity contribution in [2.24, 2.45) is 0 Å². The van der Waals surface area contributed by atoms with Gasteiger partial charge in [-0.05, 0) is 13.8 Å². The smallest absolute Gasteiger partial charge is 0.462 e. The quantitative estimate of drug-likeness (QED) is 0.0506. The van der Waals surface area contributed by atoms with Gasteiger partial charge in [0.25, 0.3) is 0 Å². The molecule has 0 aromatic heterocycles. The first-order valence-electron chi connectivity index (χ1n) is 13.0. The second-order valence-electron chi connectivity index (χ2n) is 8.34. The molecule has 0 spiro atoms. The molecule has 0 aromatic rings. The number of amides is 3. The third-order valence-electron chi connectivity index (χ3n) is 4.30. The fourth-order valence-electron chi connectivity index (χ4n) is 2.46. The van der Waals surface area contributed by atoms with Gasteiger partial charge in [-0.15, -0.1) is 0 Å². The van der Waals surface area contributed by atoms with Crippen LogP contribution >= 0.6 is 7.82 Å². The van der Waals surface area contributed by atoms with Crippen LogP contribution in [0.15, 0.2) is 0 Å². The Morgan fingerprint density at radius 1 is 0.756 bits per heavy atom. The van der Waals surface area contributed by atoms with Crippen LogP contribution in [0.5, 0.6) is 0 Å². The summed E-state index contributed by atoms with van der Waals surface area (Å²) in [5.41, 5.74) is 0. The first-order chi connectivity index (χ1) is 19.4. The maximum atomic E-state index is 12.0. The molecule has 2 unspecified atom stereocenters. The molecule has 0 bridgehead atoms. The zero-order valence-corrected chi connectivity index (χ0v) is 24.7. The SMILES string of the molecule is CCC(=O)OCC(COP(=O)(O)OCCNC(=O)OCCOCCNC(=O)COCC(=O)NC(C)C)OC(=O)CC. The maximum Gasteiger partial charge on any atom is 0.472 e. The minimum Gasteiger partial charge on any atom is -0.462 e. The molecule has 41 heavy (non-hydrogen) atoms. The highest BCUT2D eigenvalue weighted by Crippen LogP contribution is 2.43. The molecule has 3 amide bonds. The van der Waals surface area contributed by atoms with E-state index in [1.54, 1.807) is 27.7 Å². The topological polar surface area (TPSA) is 223 Å². The molecule has 0 fully saturated rings. The number of phosphoric acid groups is 1. The summed E-state index contributed by atoms with van der Waals surface area (Å²) < 4.78 is 46.5. The Bertz CT molecular complexity index is 857. The first-order valence-corrected chi connectivity index (χ1v) is 14.5. The van der Waals surface area contributed by atoms with Gasteiger partial charge in [-0.2, -0.15) is 0 Å². The van der Waals surface area contributed by atoms with E-state index in [1.165, 1.54) is 0 Å². The van der Waals surface area contributed by atoms with E-state index in [-0.39, 0.29) is 77.5 Å².